The fourth-order valence-corrected chi connectivity index (χ4v) is 1.83. The van der Waals surface area contributed by atoms with E-state index in [2.05, 4.69) is 4.40 Å². The Balaban J connectivity index is 2.97. The Bertz CT molecular complexity index is 452. The minimum atomic E-state index is -1.28. The fourth-order valence-electron chi connectivity index (χ4n) is 1.05. The van der Waals surface area contributed by atoms with Gasteiger partial charge in [-0.2, -0.15) is 4.40 Å². The van der Waals surface area contributed by atoms with Gasteiger partial charge in [0.15, 0.2) is 0 Å². The quantitative estimate of drug-likeness (QED) is 0.793. The van der Waals surface area contributed by atoms with Gasteiger partial charge in [0.05, 0.1) is 16.9 Å². The molecule has 0 aliphatic rings. The molecule has 0 radical (unpaired) electrons. The molecule has 0 aliphatic heterocycles. The van der Waals surface area contributed by atoms with Gasteiger partial charge in [0.2, 0.25) is 0 Å². The number of ether oxygens (including phenoxy) is 1. The molecule has 0 saturated carbocycles. The van der Waals surface area contributed by atoms with Gasteiger partial charge in [-0.1, -0.05) is 23.7 Å². The van der Waals surface area contributed by atoms with Crippen molar-refractivity contribution in [3.05, 3.63) is 28.8 Å². The lowest BCUT2D eigenvalue weighted by Crippen LogP contribution is -2.19. The smallest absolute Gasteiger partial charge is 0.144 e. The standard InChI is InChI=1S/C12H16ClNO2S/c1-12(2,3)17(15)14-8-9-6-5-7-10(16-4)11(9)13/h5-8H,1-4H3/t17-/m1/s1. The van der Waals surface area contributed by atoms with Gasteiger partial charge in [0, 0.05) is 11.8 Å². The highest BCUT2D eigenvalue weighted by atomic mass is 35.5. The molecule has 17 heavy (non-hydrogen) atoms. The third-order valence-electron chi connectivity index (χ3n) is 2.02. The Morgan fingerprint density at radius 3 is 2.59 bits per heavy atom. The Labute approximate surface area is 109 Å². The van der Waals surface area contributed by atoms with Gasteiger partial charge >= 0.3 is 0 Å². The summed E-state index contributed by atoms with van der Waals surface area (Å²) in [5.41, 5.74) is 0.698. The summed E-state index contributed by atoms with van der Waals surface area (Å²) in [5, 5.41) is 0.477. The molecule has 1 aromatic rings. The average molecular weight is 274 g/mol. The van der Waals surface area contributed by atoms with Crippen molar-refractivity contribution in [2.45, 2.75) is 25.5 Å². The number of hydrogen-bond donors (Lipinski definition) is 0. The second-order valence-corrected chi connectivity index (χ2v) is 6.77. The lowest BCUT2D eigenvalue weighted by atomic mass is 10.2. The number of hydrogen-bond acceptors (Lipinski definition) is 2. The maximum absolute atomic E-state index is 11.7. The summed E-state index contributed by atoms with van der Waals surface area (Å²) in [6, 6.07) is 5.38. The Morgan fingerprint density at radius 2 is 2.06 bits per heavy atom. The number of nitrogens with zero attached hydrogens (tertiary/aromatic N) is 1. The number of halogens is 1. The lowest BCUT2D eigenvalue weighted by molar-refractivity contribution is 0.415. The van der Waals surface area contributed by atoms with Gasteiger partial charge in [-0.25, -0.2) is 4.21 Å². The summed E-state index contributed by atoms with van der Waals surface area (Å²) in [4.78, 5) is 0. The first-order valence-electron chi connectivity index (χ1n) is 5.15. The van der Waals surface area contributed by atoms with E-state index < -0.39 is 11.0 Å². The van der Waals surface area contributed by atoms with Crippen molar-refractivity contribution in [2.75, 3.05) is 7.11 Å². The normalized spacial score (nSPS) is 13.9. The second-order valence-electron chi connectivity index (χ2n) is 4.46. The van der Waals surface area contributed by atoms with Crippen molar-refractivity contribution < 1.29 is 8.95 Å². The minimum absolute atomic E-state index is 0.373. The van der Waals surface area contributed by atoms with E-state index in [-0.39, 0.29) is 4.75 Å². The van der Waals surface area contributed by atoms with Crippen LogP contribution < -0.4 is 4.74 Å². The molecule has 0 bridgehead atoms. The zero-order chi connectivity index (χ0) is 13.1. The molecule has 0 N–H and O–H groups in total. The first kappa shape index (κ1) is 14.2. The van der Waals surface area contributed by atoms with Gasteiger partial charge < -0.3 is 4.74 Å². The van der Waals surface area contributed by atoms with Gasteiger partial charge in [-0.3, -0.25) is 0 Å². The molecule has 0 unspecified atom stereocenters. The minimum Gasteiger partial charge on any atom is -0.495 e. The molecule has 5 heteroatoms. The molecule has 0 fully saturated rings. The fraction of sp³-hybridized carbons (Fsp3) is 0.417. The van der Waals surface area contributed by atoms with Crippen LogP contribution in [0, 0.1) is 0 Å². The number of benzene rings is 1. The molecule has 0 spiro atoms. The molecule has 0 aromatic heterocycles. The number of methoxy groups -OCH3 is 1. The van der Waals surface area contributed by atoms with Crippen LogP contribution in [0.2, 0.25) is 5.02 Å². The highest BCUT2D eigenvalue weighted by Crippen LogP contribution is 2.26. The summed E-state index contributed by atoms with van der Waals surface area (Å²) in [7, 11) is 0.266. The average Bonchev–Trinajstić information content (AvgIpc) is 2.26. The Kier molecular flexibility index (Phi) is 4.71. The van der Waals surface area contributed by atoms with E-state index in [1.807, 2.05) is 26.8 Å². The molecule has 3 nitrogen and oxygen atoms in total. The Morgan fingerprint density at radius 1 is 1.41 bits per heavy atom. The van der Waals surface area contributed by atoms with Crippen LogP contribution >= 0.6 is 11.6 Å². The topological polar surface area (TPSA) is 38.7 Å². The molecule has 94 valence electrons. The molecule has 1 rings (SSSR count). The molecule has 0 aliphatic carbocycles. The summed E-state index contributed by atoms with van der Waals surface area (Å²) in [6.07, 6.45) is 1.52. The molecule has 0 amide bonds. The van der Waals surface area contributed by atoms with Crippen LogP contribution in [0.25, 0.3) is 0 Å². The van der Waals surface area contributed by atoms with Crippen LogP contribution in [0.4, 0.5) is 0 Å². The van der Waals surface area contributed by atoms with Crippen molar-refractivity contribution in [2.24, 2.45) is 4.40 Å². The van der Waals surface area contributed by atoms with Crippen LogP contribution in [0.15, 0.2) is 22.6 Å². The zero-order valence-electron chi connectivity index (χ0n) is 10.4. The molecule has 1 atom stereocenters. The van der Waals surface area contributed by atoms with Gasteiger partial charge in [-0.05, 0) is 26.8 Å². The van der Waals surface area contributed by atoms with Crippen molar-refractivity contribution in [1.29, 1.82) is 0 Å². The third kappa shape index (κ3) is 3.82. The van der Waals surface area contributed by atoms with Gasteiger partial charge in [-0.15, -0.1) is 0 Å². The van der Waals surface area contributed by atoms with Crippen LogP contribution in [-0.4, -0.2) is 22.3 Å². The van der Waals surface area contributed by atoms with Crippen molar-refractivity contribution in [3.63, 3.8) is 0 Å². The van der Waals surface area contributed by atoms with E-state index in [1.165, 1.54) is 6.21 Å². The summed E-state index contributed by atoms with van der Waals surface area (Å²) in [6.45, 7) is 5.61. The molecular weight excluding hydrogens is 258 g/mol. The predicted octanol–water partition coefficient (Wildman–Crippen LogP) is 3.23. The van der Waals surface area contributed by atoms with Crippen molar-refractivity contribution in [1.82, 2.24) is 0 Å². The maximum atomic E-state index is 11.7. The van der Waals surface area contributed by atoms with Crippen LogP contribution in [0.1, 0.15) is 26.3 Å². The van der Waals surface area contributed by atoms with E-state index in [1.54, 1.807) is 19.2 Å². The number of rotatable bonds is 3. The van der Waals surface area contributed by atoms with Crippen LogP contribution in [-0.2, 0) is 11.0 Å². The predicted molar refractivity (Wildman–Crippen MR) is 73.5 cm³/mol. The van der Waals surface area contributed by atoms with Crippen molar-refractivity contribution >= 4 is 28.8 Å². The van der Waals surface area contributed by atoms with Crippen LogP contribution in [0.5, 0.6) is 5.75 Å². The summed E-state index contributed by atoms with van der Waals surface area (Å²) in [5.74, 6) is 0.581. The van der Waals surface area contributed by atoms with Crippen molar-refractivity contribution in [3.8, 4) is 5.75 Å². The first-order valence-corrected chi connectivity index (χ1v) is 6.63. The van der Waals surface area contributed by atoms with E-state index >= 15 is 0 Å². The van der Waals surface area contributed by atoms with Gasteiger partial charge in [0.25, 0.3) is 0 Å². The molecule has 0 saturated heterocycles. The van der Waals surface area contributed by atoms with Gasteiger partial charge in [0.1, 0.15) is 16.7 Å². The highest BCUT2D eigenvalue weighted by molar-refractivity contribution is 7.85. The van der Waals surface area contributed by atoms with E-state index in [4.69, 9.17) is 16.3 Å². The SMILES string of the molecule is COc1cccc(C=N[S@](=O)C(C)(C)C)c1Cl. The maximum Gasteiger partial charge on any atom is 0.144 e. The largest absolute Gasteiger partial charge is 0.495 e. The molecule has 0 heterocycles. The zero-order valence-corrected chi connectivity index (χ0v) is 11.9. The van der Waals surface area contributed by atoms with Crippen LogP contribution in [0.3, 0.4) is 0 Å². The monoisotopic (exact) mass is 273 g/mol. The molecule has 1 aromatic carbocycles. The Hall–Kier alpha value is -0.870. The van der Waals surface area contributed by atoms with E-state index in [9.17, 15) is 4.21 Å². The molecular formula is C12H16ClNO2S. The van der Waals surface area contributed by atoms with E-state index in [0.29, 0.717) is 16.3 Å². The summed E-state index contributed by atoms with van der Waals surface area (Å²) < 4.78 is 20.5. The summed E-state index contributed by atoms with van der Waals surface area (Å²) >= 11 is 6.09. The second kappa shape index (κ2) is 5.65. The van der Waals surface area contributed by atoms with E-state index in [0.717, 1.165) is 0 Å². The lowest BCUT2D eigenvalue weighted by Gasteiger charge is -2.12. The highest BCUT2D eigenvalue weighted by Gasteiger charge is 2.18. The first-order chi connectivity index (χ1) is 7.86. The third-order valence-corrected chi connectivity index (χ3v) is 3.77.